The van der Waals surface area contributed by atoms with Crippen LogP contribution in [-0.2, 0) is 0 Å². The van der Waals surface area contributed by atoms with E-state index >= 15 is 0 Å². The third-order valence-electron chi connectivity index (χ3n) is 0.517. The molecule has 0 atom stereocenters. The van der Waals surface area contributed by atoms with Crippen LogP contribution in [0.2, 0.25) is 0 Å². The molecule has 9 heavy (non-hydrogen) atoms. The lowest BCUT2D eigenvalue weighted by molar-refractivity contribution is -0.142. The van der Waals surface area contributed by atoms with Crippen molar-refractivity contribution in [1.82, 2.24) is 10.6 Å². The molecule has 0 heterocycles. The molecular weight excluding hydrogens is 135 g/mol. The molecule has 54 valence electrons. The van der Waals surface area contributed by atoms with Crippen molar-refractivity contribution in [1.29, 1.82) is 5.41 Å². The average molecular weight is 141 g/mol. The van der Waals surface area contributed by atoms with E-state index in [1.165, 1.54) is 7.05 Å². The maximum atomic E-state index is 11.2. The molecule has 0 saturated carbocycles. The molecule has 0 unspecified atom stereocenters. The van der Waals surface area contributed by atoms with Crippen molar-refractivity contribution in [3.63, 3.8) is 0 Å². The fourth-order valence-corrected chi connectivity index (χ4v) is 0.204. The van der Waals surface area contributed by atoms with Crippen molar-refractivity contribution in [2.24, 2.45) is 0 Å². The average Bonchev–Trinajstić information content (AvgIpc) is 1.62. The summed E-state index contributed by atoms with van der Waals surface area (Å²) in [7, 11) is 1.22. The second-order valence-electron chi connectivity index (χ2n) is 1.25. The van der Waals surface area contributed by atoms with Gasteiger partial charge in [0.1, 0.15) is 0 Å². The fraction of sp³-hybridized carbons (Fsp3) is 0.667. The minimum atomic E-state index is -4.51. The van der Waals surface area contributed by atoms with Crippen molar-refractivity contribution in [3.8, 4) is 0 Å². The number of guanidine groups is 1. The van der Waals surface area contributed by atoms with Gasteiger partial charge in [0.25, 0.3) is 0 Å². The van der Waals surface area contributed by atoms with E-state index < -0.39 is 12.3 Å². The van der Waals surface area contributed by atoms with Gasteiger partial charge in [0, 0.05) is 7.05 Å². The van der Waals surface area contributed by atoms with E-state index in [1.807, 2.05) is 5.32 Å². The van der Waals surface area contributed by atoms with E-state index in [0.717, 1.165) is 5.32 Å². The van der Waals surface area contributed by atoms with E-state index in [-0.39, 0.29) is 0 Å². The van der Waals surface area contributed by atoms with Gasteiger partial charge in [-0.3, -0.25) is 10.7 Å². The number of hydrogen-bond donors (Lipinski definition) is 3. The van der Waals surface area contributed by atoms with Crippen LogP contribution in [0.4, 0.5) is 13.2 Å². The second kappa shape index (κ2) is 2.56. The van der Waals surface area contributed by atoms with Gasteiger partial charge < -0.3 is 5.32 Å². The minimum absolute atomic E-state index is 0.762. The van der Waals surface area contributed by atoms with Crippen LogP contribution in [0.1, 0.15) is 0 Å². The van der Waals surface area contributed by atoms with Gasteiger partial charge in [0.2, 0.25) is 0 Å². The van der Waals surface area contributed by atoms with Crippen LogP contribution in [-0.4, -0.2) is 19.3 Å². The topological polar surface area (TPSA) is 47.9 Å². The van der Waals surface area contributed by atoms with Crippen molar-refractivity contribution in [3.05, 3.63) is 0 Å². The van der Waals surface area contributed by atoms with Crippen LogP contribution in [0.3, 0.4) is 0 Å². The Bertz CT molecular complexity index is 107. The third-order valence-corrected chi connectivity index (χ3v) is 0.517. The first-order valence-electron chi connectivity index (χ1n) is 2.07. The van der Waals surface area contributed by atoms with E-state index in [9.17, 15) is 13.2 Å². The lowest BCUT2D eigenvalue weighted by atomic mass is 10.9. The first-order valence-corrected chi connectivity index (χ1v) is 2.07. The fourth-order valence-electron chi connectivity index (χ4n) is 0.204. The molecular formula is C3H6F3N3. The number of hydrogen-bond acceptors (Lipinski definition) is 1. The summed E-state index contributed by atoms with van der Waals surface area (Å²) < 4.78 is 33.6. The van der Waals surface area contributed by atoms with Gasteiger partial charge in [0.05, 0.1) is 0 Å². The van der Waals surface area contributed by atoms with Gasteiger partial charge >= 0.3 is 6.30 Å². The molecule has 0 aliphatic rings. The summed E-state index contributed by atoms with van der Waals surface area (Å²) in [5, 5.41) is 9.37. The van der Waals surface area contributed by atoms with Crippen LogP contribution in [0.25, 0.3) is 0 Å². The van der Waals surface area contributed by atoms with Crippen LogP contribution in [0, 0.1) is 5.41 Å². The summed E-state index contributed by atoms with van der Waals surface area (Å²) in [6.07, 6.45) is -4.51. The summed E-state index contributed by atoms with van der Waals surface area (Å²) >= 11 is 0. The highest BCUT2D eigenvalue weighted by atomic mass is 19.4. The third kappa shape index (κ3) is 4.92. The van der Waals surface area contributed by atoms with Crippen molar-refractivity contribution >= 4 is 5.96 Å². The van der Waals surface area contributed by atoms with Gasteiger partial charge in [-0.1, -0.05) is 0 Å². The molecule has 0 radical (unpaired) electrons. The van der Waals surface area contributed by atoms with E-state index in [0.29, 0.717) is 0 Å². The van der Waals surface area contributed by atoms with Crippen molar-refractivity contribution in [2.45, 2.75) is 6.30 Å². The normalized spacial score (nSPS) is 10.7. The van der Waals surface area contributed by atoms with Crippen molar-refractivity contribution in [2.75, 3.05) is 7.05 Å². The monoisotopic (exact) mass is 141 g/mol. The van der Waals surface area contributed by atoms with Crippen LogP contribution < -0.4 is 10.6 Å². The van der Waals surface area contributed by atoms with Crippen LogP contribution >= 0.6 is 0 Å². The Hall–Kier alpha value is -0.940. The summed E-state index contributed by atoms with van der Waals surface area (Å²) in [6, 6.07) is 0. The predicted octanol–water partition coefficient (Wildman–Crippen LogP) is 0.250. The highest BCUT2D eigenvalue weighted by Gasteiger charge is 2.27. The number of alkyl halides is 3. The zero-order chi connectivity index (χ0) is 7.49. The Balaban J connectivity index is 3.60. The van der Waals surface area contributed by atoms with Crippen LogP contribution in [0.5, 0.6) is 0 Å². The molecule has 0 spiro atoms. The van der Waals surface area contributed by atoms with Gasteiger partial charge in [-0.25, -0.2) is 0 Å². The second-order valence-corrected chi connectivity index (χ2v) is 1.25. The number of halogens is 3. The molecule has 0 fully saturated rings. The van der Waals surface area contributed by atoms with Crippen molar-refractivity contribution < 1.29 is 13.2 Å². The van der Waals surface area contributed by atoms with Gasteiger partial charge in [-0.15, -0.1) is 0 Å². The molecule has 0 aromatic rings. The molecule has 0 aliphatic carbocycles. The molecule has 0 aliphatic heterocycles. The van der Waals surface area contributed by atoms with E-state index in [1.54, 1.807) is 0 Å². The standard InChI is InChI=1S/C3H6F3N3/c1-8-2(7)9-3(4,5)6/h1H3,(H3,7,8,9). The molecule has 3 N–H and O–H groups in total. The first kappa shape index (κ1) is 8.06. The molecule has 0 bridgehead atoms. The highest BCUT2D eigenvalue weighted by molar-refractivity contribution is 5.76. The van der Waals surface area contributed by atoms with Crippen LogP contribution in [0.15, 0.2) is 0 Å². The Morgan fingerprint density at radius 3 is 2.00 bits per heavy atom. The molecule has 0 saturated heterocycles. The summed E-state index contributed by atoms with van der Waals surface area (Å²) in [5.41, 5.74) is 0. The largest absolute Gasteiger partial charge is 0.484 e. The number of rotatable bonds is 0. The maximum absolute atomic E-state index is 11.2. The minimum Gasteiger partial charge on any atom is -0.359 e. The SMILES string of the molecule is CNC(=N)NC(F)(F)F. The summed E-state index contributed by atoms with van der Waals surface area (Å²) in [4.78, 5) is 0. The van der Waals surface area contributed by atoms with Gasteiger partial charge in [-0.05, 0) is 0 Å². The Labute approximate surface area is 49.8 Å². The quantitative estimate of drug-likeness (QED) is 0.257. The lowest BCUT2D eigenvalue weighted by Gasteiger charge is -2.08. The Morgan fingerprint density at radius 1 is 1.44 bits per heavy atom. The van der Waals surface area contributed by atoms with E-state index in [4.69, 9.17) is 5.41 Å². The lowest BCUT2D eigenvalue weighted by Crippen LogP contribution is -2.43. The predicted molar refractivity (Wildman–Crippen MR) is 26.0 cm³/mol. The molecule has 0 aromatic heterocycles. The summed E-state index contributed by atoms with van der Waals surface area (Å²) in [5.74, 6) is -0.762. The smallest absolute Gasteiger partial charge is 0.359 e. The van der Waals surface area contributed by atoms with Gasteiger partial charge in [-0.2, -0.15) is 13.2 Å². The molecule has 3 nitrogen and oxygen atoms in total. The molecule has 0 amide bonds. The zero-order valence-electron chi connectivity index (χ0n) is 4.63. The first-order chi connectivity index (χ1) is 3.95. The molecule has 0 rings (SSSR count). The zero-order valence-corrected chi connectivity index (χ0v) is 4.63. The highest BCUT2D eigenvalue weighted by Crippen LogP contribution is 2.07. The Morgan fingerprint density at radius 2 is 1.89 bits per heavy atom. The number of nitrogens with one attached hydrogen (secondary N) is 3. The Kier molecular flexibility index (Phi) is 2.29. The molecule has 6 heteroatoms. The van der Waals surface area contributed by atoms with E-state index in [2.05, 4.69) is 0 Å². The molecule has 0 aromatic carbocycles. The summed E-state index contributed by atoms with van der Waals surface area (Å²) in [6.45, 7) is 0. The van der Waals surface area contributed by atoms with Gasteiger partial charge in [0.15, 0.2) is 5.96 Å². The maximum Gasteiger partial charge on any atom is 0.484 e.